The van der Waals surface area contributed by atoms with Crippen molar-refractivity contribution in [3.63, 3.8) is 0 Å². The Morgan fingerprint density at radius 2 is 2.11 bits per heavy atom. The minimum atomic E-state index is -0.356. The lowest BCUT2D eigenvalue weighted by molar-refractivity contribution is -0.384. The van der Waals surface area contributed by atoms with Gasteiger partial charge in [0.15, 0.2) is 0 Å². The van der Waals surface area contributed by atoms with E-state index >= 15 is 0 Å². The summed E-state index contributed by atoms with van der Waals surface area (Å²) in [5.74, 6) is 1.16. The average Bonchev–Trinajstić information content (AvgIpc) is 2.62. The number of nitro groups is 1. The highest BCUT2D eigenvalue weighted by molar-refractivity contribution is 5.59. The minimum absolute atomic E-state index is 0.105. The van der Waals surface area contributed by atoms with Crippen LogP contribution in [0.15, 0.2) is 0 Å². The Morgan fingerprint density at radius 3 is 2.72 bits per heavy atom. The van der Waals surface area contributed by atoms with Crippen molar-refractivity contribution in [1.29, 1.82) is 0 Å². The molecule has 1 heterocycles. The topological polar surface area (TPSA) is 73.0 Å². The van der Waals surface area contributed by atoms with Crippen LogP contribution in [0, 0.1) is 23.0 Å². The van der Waals surface area contributed by atoms with Crippen molar-refractivity contribution in [2.75, 3.05) is 11.9 Å². The van der Waals surface area contributed by atoms with Gasteiger partial charge in [-0.1, -0.05) is 19.3 Å². The van der Waals surface area contributed by atoms with Crippen molar-refractivity contribution in [3.05, 3.63) is 15.8 Å². The first kappa shape index (κ1) is 12.9. The fourth-order valence-corrected chi connectivity index (χ4v) is 2.70. The molecule has 6 heteroatoms. The maximum absolute atomic E-state index is 11.0. The van der Waals surface area contributed by atoms with Gasteiger partial charge < -0.3 is 5.32 Å². The van der Waals surface area contributed by atoms with Crippen LogP contribution in [0.4, 0.5) is 11.5 Å². The van der Waals surface area contributed by atoms with Gasteiger partial charge in [-0.2, -0.15) is 5.10 Å². The molecular formula is C12H20N4O2. The normalized spacial score (nSPS) is 16.8. The average molecular weight is 252 g/mol. The molecule has 1 aliphatic rings. The maximum atomic E-state index is 11.0. The standard InChI is InChI=1S/C12H20N4O2/c1-9-11(16(17)18)12(15(2)14-9)13-8-10-6-4-3-5-7-10/h10,13H,3-8H2,1-2H3. The summed E-state index contributed by atoms with van der Waals surface area (Å²) in [6.07, 6.45) is 6.31. The summed E-state index contributed by atoms with van der Waals surface area (Å²) in [6.45, 7) is 2.48. The SMILES string of the molecule is Cc1nn(C)c(NCC2CCCCC2)c1[N+](=O)[O-]. The quantitative estimate of drug-likeness (QED) is 0.660. The Hall–Kier alpha value is -1.59. The van der Waals surface area contributed by atoms with Crippen molar-refractivity contribution in [3.8, 4) is 0 Å². The second kappa shape index (κ2) is 5.37. The number of hydrogen-bond donors (Lipinski definition) is 1. The summed E-state index contributed by atoms with van der Waals surface area (Å²) in [6, 6.07) is 0. The molecule has 0 radical (unpaired) electrons. The van der Waals surface area contributed by atoms with Crippen molar-refractivity contribution >= 4 is 11.5 Å². The van der Waals surface area contributed by atoms with Crippen LogP contribution in [0.2, 0.25) is 0 Å². The van der Waals surface area contributed by atoms with E-state index < -0.39 is 0 Å². The molecular weight excluding hydrogens is 232 g/mol. The Morgan fingerprint density at radius 1 is 1.44 bits per heavy atom. The molecule has 0 spiro atoms. The number of hydrogen-bond acceptors (Lipinski definition) is 4. The molecule has 0 aliphatic heterocycles. The lowest BCUT2D eigenvalue weighted by atomic mass is 9.89. The Bertz CT molecular complexity index is 436. The van der Waals surface area contributed by atoms with Crippen LogP contribution >= 0.6 is 0 Å². The zero-order valence-corrected chi connectivity index (χ0v) is 11.0. The van der Waals surface area contributed by atoms with E-state index in [1.165, 1.54) is 32.1 Å². The number of nitrogens with zero attached hydrogens (tertiary/aromatic N) is 3. The molecule has 1 N–H and O–H groups in total. The predicted octanol–water partition coefficient (Wildman–Crippen LogP) is 2.63. The van der Waals surface area contributed by atoms with Crippen molar-refractivity contribution in [2.45, 2.75) is 39.0 Å². The Balaban J connectivity index is 2.06. The van der Waals surface area contributed by atoms with Crippen LogP contribution < -0.4 is 5.32 Å². The number of aromatic nitrogens is 2. The monoisotopic (exact) mass is 252 g/mol. The fourth-order valence-electron chi connectivity index (χ4n) is 2.70. The number of rotatable bonds is 4. The van der Waals surface area contributed by atoms with Crippen LogP contribution in [-0.2, 0) is 7.05 Å². The van der Waals surface area contributed by atoms with Crippen LogP contribution in [0.5, 0.6) is 0 Å². The van der Waals surface area contributed by atoms with E-state index in [4.69, 9.17) is 0 Å². The van der Waals surface area contributed by atoms with Crippen molar-refractivity contribution in [1.82, 2.24) is 9.78 Å². The second-order valence-corrected chi connectivity index (χ2v) is 5.05. The van der Waals surface area contributed by atoms with Crippen LogP contribution in [-0.4, -0.2) is 21.2 Å². The third-order valence-electron chi connectivity index (χ3n) is 3.66. The zero-order valence-electron chi connectivity index (χ0n) is 11.0. The molecule has 1 fully saturated rings. The third-order valence-corrected chi connectivity index (χ3v) is 3.66. The first-order valence-corrected chi connectivity index (χ1v) is 6.51. The summed E-state index contributed by atoms with van der Waals surface area (Å²) in [7, 11) is 1.74. The van der Waals surface area contributed by atoms with Gasteiger partial charge in [-0.25, -0.2) is 4.68 Å². The van der Waals surface area contributed by atoms with Gasteiger partial charge >= 0.3 is 5.69 Å². The molecule has 100 valence electrons. The first-order chi connectivity index (χ1) is 8.59. The van der Waals surface area contributed by atoms with E-state index in [2.05, 4.69) is 10.4 Å². The highest BCUT2D eigenvalue weighted by Crippen LogP contribution is 2.29. The molecule has 1 aliphatic carbocycles. The molecule has 0 amide bonds. The van der Waals surface area contributed by atoms with Crippen LogP contribution in [0.1, 0.15) is 37.8 Å². The van der Waals surface area contributed by atoms with Crippen molar-refractivity contribution in [2.24, 2.45) is 13.0 Å². The molecule has 0 unspecified atom stereocenters. The number of anilines is 1. The largest absolute Gasteiger partial charge is 0.364 e. The lowest BCUT2D eigenvalue weighted by Gasteiger charge is -2.21. The fraction of sp³-hybridized carbons (Fsp3) is 0.750. The molecule has 1 saturated carbocycles. The van der Waals surface area contributed by atoms with Gasteiger partial charge in [-0.05, 0) is 25.7 Å². The number of nitrogens with one attached hydrogen (secondary N) is 1. The smallest absolute Gasteiger partial charge is 0.333 e. The molecule has 0 atom stereocenters. The third kappa shape index (κ3) is 2.63. The molecule has 0 bridgehead atoms. The van der Waals surface area contributed by atoms with Crippen LogP contribution in [0.3, 0.4) is 0 Å². The summed E-state index contributed by atoms with van der Waals surface area (Å²) in [5, 5.41) is 18.3. The molecule has 1 aromatic rings. The van der Waals surface area contributed by atoms with Gasteiger partial charge in [0, 0.05) is 13.6 Å². The summed E-state index contributed by atoms with van der Waals surface area (Å²) in [4.78, 5) is 10.7. The number of aryl methyl sites for hydroxylation is 2. The summed E-state index contributed by atoms with van der Waals surface area (Å²) < 4.78 is 1.57. The van der Waals surface area contributed by atoms with E-state index in [-0.39, 0.29) is 10.6 Å². The Labute approximate surface area is 107 Å². The molecule has 1 aromatic heterocycles. The molecule has 0 aromatic carbocycles. The molecule has 18 heavy (non-hydrogen) atoms. The minimum Gasteiger partial charge on any atom is -0.364 e. The Kier molecular flexibility index (Phi) is 3.84. The van der Waals surface area contributed by atoms with Gasteiger partial charge in [-0.3, -0.25) is 10.1 Å². The molecule has 2 rings (SSSR count). The van der Waals surface area contributed by atoms with Gasteiger partial charge in [0.2, 0.25) is 5.82 Å². The van der Waals surface area contributed by atoms with E-state index in [1.807, 2.05) is 0 Å². The first-order valence-electron chi connectivity index (χ1n) is 6.51. The van der Waals surface area contributed by atoms with Gasteiger partial charge in [-0.15, -0.1) is 0 Å². The van der Waals surface area contributed by atoms with E-state index in [0.717, 1.165) is 6.54 Å². The summed E-state index contributed by atoms with van der Waals surface area (Å²) in [5.41, 5.74) is 0.571. The molecule has 0 saturated heterocycles. The van der Waals surface area contributed by atoms with E-state index in [9.17, 15) is 10.1 Å². The second-order valence-electron chi connectivity index (χ2n) is 5.05. The maximum Gasteiger partial charge on any atom is 0.333 e. The van der Waals surface area contributed by atoms with E-state index in [0.29, 0.717) is 17.4 Å². The lowest BCUT2D eigenvalue weighted by Crippen LogP contribution is -2.18. The van der Waals surface area contributed by atoms with Crippen molar-refractivity contribution < 1.29 is 4.92 Å². The predicted molar refractivity (Wildman–Crippen MR) is 69.7 cm³/mol. The van der Waals surface area contributed by atoms with Gasteiger partial charge in [0.25, 0.3) is 0 Å². The highest BCUT2D eigenvalue weighted by Gasteiger charge is 2.24. The highest BCUT2D eigenvalue weighted by atomic mass is 16.6. The zero-order chi connectivity index (χ0) is 13.1. The molecule has 6 nitrogen and oxygen atoms in total. The van der Waals surface area contributed by atoms with Gasteiger partial charge in [0.05, 0.1) is 4.92 Å². The van der Waals surface area contributed by atoms with Gasteiger partial charge in [0.1, 0.15) is 5.69 Å². The van der Waals surface area contributed by atoms with Crippen LogP contribution in [0.25, 0.3) is 0 Å². The summed E-state index contributed by atoms with van der Waals surface area (Å²) >= 11 is 0. The van der Waals surface area contributed by atoms with E-state index in [1.54, 1.807) is 18.7 Å².